The first-order valence-corrected chi connectivity index (χ1v) is 27.4. The summed E-state index contributed by atoms with van der Waals surface area (Å²) in [7, 11) is 0. The summed E-state index contributed by atoms with van der Waals surface area (Å²) >= 11 is 0. The summed E-state index contributed by atoms with van der Waals surface area (Å²) in [6.45, 7) is 13.9. The Morgan fingerprint density at radius 2 is 1.12 bits per heavy atom. The lowest BCUT2D eigenvalue weighted by Gasteiger charge is -2.71. The maximum atomic E-state index is 12.9. The van der Waals surface area contributed by atoms with E-state index in [0.717, 1.165) is 5.57 Å². The van der Waals surface area contributed by atoms with E-state index in [1.807, 2.05) is 34.6 Å². The summed E-state index contributed by atoms with van der Waals surface area (Å²) in [5, 5.41) is 164. The molecule has 23 heteroatoms. The van der Waals surface area contributed by atoms with Crippen LogP contribution in [0.15, 0.2) is 11.6 Å². The molecule has 15 N–H and O–H groups in total. The van der Waals surface area contributed by atoms with Gasteiger partial charge in [0.25, 0.3) is 0 Å². The van der Waals surface area contributed by atoms with E-state index in [4.69, 9.17) is 37.9 Å². The van der Waals surface area contributed by atoms with E-state index in [1.54, 1.807) is 0 Å². The lowest BCUT2D eigenvalue weighted by Crippen LogP contribution is -2.70. The van der Waals surface area contributed by atoms with E-state index in [9.17, 15) is 76.6 Å². The van der Waals surface area contributed by atoms with Gasteiger partial charge in [0.2, 0.25) is 0 Å². The quantitative estimate of drug-likeness (QED) is 0.0591. The van der Waals surface area contributed by atoms with E-state index in [0.29, 0.717) is 51.4 Å². The largest absolute Gasteiger partial charge is 0.394 e. The SMILES string of the molecule is CC(C)=CCC[C@](C)(O[C@@H]1O[C@H](CO)[C@@H](O)[C@H](O)[C@H]1O[C@@H]1OC[C@H](O)[C@H](O)[C@H]1O)[C@H]1CC[C@]2(C)[C@@H]1[C@H](O)C[C@@H]1[C@@]3(C)CC[C@H](O[C@@H]4O[C@H](CO)[C@@H](O)[C@H](O)[C@H]4O[C@@H]4O[C@H](CO)[C@@H](O)[C@H](O)[C@H]4O)C(C)(C)[C@@H]3[C@@H](O)C[C@]12C. The fraction of sp³-hybridized carbons (Fsp3) is 0.962. The molecule has 4 heterocycles. The Balaban J connectivity index is 1.06. The molecule has 0 radical (unpaired) electrons. The van der Waals surface area contributed by atoms with Crippen LogP contribution in [0.5, 0.6) is 0 Å². The highest BCUT2D eigenvalue weighted by atomic mass is 16.8. The van der Waals surface area contributed by atoms with E-state index >= 15 is 0 Å². The monoisotopic (exact) mass is 1090 g/mol. The van der Waals surface area contributed by atoms with Gasteiger partial charge in [-0.15, -0.1) is 0 Å². The Morgan fingerprint density at radius 1 is 0.579 bits per heavy atom. The molecular weight excluding hydrogens is 1000 g/mol. The molecule has 0 aromatic carbocycles. The van der Waals surface area contributed by atoms with Crippen molar-refractivity contribution in [3.05, 3.63) is 11.6 Å². The predicted molar refractivity (Wildman–Crippen MR) is 262 cm³/mol. The summed E-state index contributed by atoms with van der Waals surface area (Å²) < 4.78 is 49.3. The minimum atomic E-state index is -1.85. The molecule has 30 atom stereocenters. The first-order chi connectivity index (χ1) is 35.5. The Hall–Kier alpha value is -1.18. The van der Waals surface area contributed by atoms with Crippen LogP contribution in [0.1, 0.15) is 107 Å². The van der Waals surface area contributed by atoms with Gasteiger partial charge < -0.3 is 114 Å². The first-order valence-electron chi connectivity index (χ1n) is 27.4. The average molecular weight is 1100 g/mol. The Morgan fingerprint density at radius 3 is 1.71 bits per heavy atom. The fourth-order valence-electron chi connectivity index (χ4n) is 16.3. The highest BCUT2D eigenvalue weighted by Crippen LogP contribution is 2.76. The molecule has 4 aliphatic carbocycles. The summed E-state index contributed by atoms with van der Waals surface area (Å²) in [5.41, 5.74) is -2.69. The van der Waals surface area contributed by atoms with Crippen molar-refractivity contribution in [2.75, 3.05) is 26.4 Å². The molecule has 76 heavy (non-hydrogen) atoms. The van der Waals surface area contributed by atoms with Crippen LogP contribution in [0, 0.1) is 45.3 Å². The molecule has 0 spiro atoms. The Labute approximate surface area is 444 Å². The van der Waals surface area contributed by atoms with Gasteiger partial charge >= 0.3 is 0 Å². The number of hydrogen-bond acceptors (Lipinski definition) is 23. The second kappa shape index (κ2) is 22.9. The first kappa shape index (κ1) is 60.9. The zero-order valence-corrected chi connectivity index (χ0v) is 45.0. The number of hydrogen-bond donors (Lipinski definition) is 15. The lowest BCUT2D eigenvalue weighted by molar-refractivity contribution is -0.380. The van der Waals surface area contributed by atoms with Crippen LogP contribution in [0.3, 0.4) is 0 Å². The van der Waals surface area contributed by atoms with Crippen molar-refractivity contribution in [3.8, 4) is 0 Å². The van der Waals surface area contributed by atoms with Crippen molar-refractivity contribution >= 4 is 0 Å². The molecule has 0 aromatic rings. The number of ether oxygens (including phenoxy) is 8. The third-order valence-corrected chi connectivity index (χ3v) is 20.4. The smallest absolute Gasteiger partial charge is 0.187 e. The van der Waals surface area contributed by atoms with Gasteiger partial charge in [-0.3, -0.25) is 0 Å². The molecule has 4 saturated heterocycles. The molecule has 0 bridgehead atoms. The van der Waals surface area contributed by atoms with Crippen molar-refractivity contribution < 1.29 is 114 Å². The van der Waals surface area contributed by atoms with Crippen molar-refractivity contribution in [3.63, 3.8) is 0 Å². The maximum Gasteiger partial charge on any atom is 0.187 e. The summed E-state index contributed by atoms with van der Waals surface area (Å²) in [5.74, 6) is -1.33. The number of rotatable bonds is 15. The van der Waals surface area contributed by atoms with Crippen LogP contribution >= 0.6 is 0 Å². The van der Waals surface area contributed by atoms with Gasteiger partial charge in [0, 0.05) is 0 Å². The number of aliphatic hydroxyl groups is 15. The van der Waals surface area contributed by atoms with Crippen LogP contribution < -0.4 is 0 Å². The normalized spacial score (nSPS) is 53.2. The third kappa shape index (κ3) is 10.4. The summed E-state index contributed by atoms with van der Waals surface area (Å²) in [6.07, 6.45) is -27.0. The van der Waals surface area contributed by atoms with Crippen LogP contribution in [0.25, 0.3) is 0 Å². The van der Waals surface area contributed by atoms with Gasteiger partial charge in [0.05, 0.1) is 50.3 Å². The Kier molecular flexibility index (Phi) is 18.3. The molecule has 0 unspecified atom stereocenters. The second-order valence-corrected chi connectivity index (χ2v) is 25.4. The molecule has 23 nitrogen and oxygen atoms in total. The van der Waals surface area contributed by atoms with Gasteiger partial charge in [-0.2, -0.15) is 0 Å². The van der Waals surface area contributed by atoms with Crippen molar-refractivity contribution in [2.45, 2.75) is 247 Å². The molecule has 8 fully saturated rings. The summed E-state index contributed by atoms with van der Waals surface area (Å²) in [4.78, 5) is 0. The molecule has 8 aliphatic rings. The number of allylic oxidation sites excluding steroid dienone is 2. The predicted octanol–water partition coefficient (Wildman–Crippen LogP) is -2.59. The van der Waals surface area contributed by atoms with Crippen LogP contribution in [-0.4, -0.2) is 244 Å². The molecule has 440 valence electrons. The molecule has 4 aliphatic heterocycles. The minimum Gasteiger partial charge on any atom is -0.394 e. The average Bonchev–Trinajstić information content (AvgIpc) is 3.95. The standard InChI is InChI=1S/C53H90O23/c1-22(2)10-9-13-53(8,76-48-43(39(66)36(63)29(20-56)72-48)74-45-40(67)33(60)26(59)21-69-45)23-11-15-51(6)32(23)24(57)16-30-50(5)14-12-31(49(3,4)44(50)25(58)17-52(30,51)7)73-47-42(38(65)35(62)28(19-55)71-47)75-46-41(68)37(64)34(61)27(18-54)70-46/h10,23-48,54-68H,9,11-21H2,1-8H3/t23-,24+,25-,26-,27+,28+,29+,30+,31-,32-,33-,34+,35+,36+,37-,38-,39-,40+,41+,42+,43+,44-,45-,46-,47-,48-,50+,51+,52+,53-/m0/s1. The maximum absolute atomic E-state index is 12.9. The van der Waals surface area contributed by atoms with Gasteiger partial charge in [0.1, 0.15) is 91.6 Å². The van der Waals surface area contributed by atoms with Crippen molar-refractivity contribution in [1.82, 2.24) is 0 Å². The highest BCUT2D eigenvalue weighted by Gasteiger charge is 2.74. The highest BCUT2D eigenvalue weighted by molar-refractivity contribution is 5.22. The van der Waals surface area contributed by atoms with Gasteiger partial charge in [-0.1, -0.05) is 46.3 Å². The lowest BCUT2D eigenvalue weighted by atomic mass is 9.34. The van der Waals surface area contributed by atoms with Gasteiger partial charge in [0.15, 0.2) is 25.2 Å². The van der Waals surface area contributed by atoms with Gasteiger partial charge in [-0.25, -0.2) is 0 Å². The van der Waals surface area contributed by atoms with Crippen molar-refractivity contribution in [1.29, 1.82) is 0 Å². The number of aliphatic hydroxyl groups excluding tert-OH is 15. The summed E-state index contributed by atoms with van der Waals surface area (Å²) in [6, 6.07) is 0. The van der Waals surface area contributed by atoms with E-state index < -0.39 is 201 Å². The Bertz CT molecular complexity index is 1980. The molecule has 0 amide bonds. The molecule has 0 aromatic heterocycles. The second-order valence-electron chi connectivity index (χ2n) is 25.4. The van der Waals surface area contributed by atoms with Crippen LogP contribution in [0.4, 0.5) is 0 Å². The topological polar surface area (TPSA) is 377 Å². The van der Waals surface area contributed by atoms with E-state index in [1.165, 1.54) is 0 Å². The molecule has 8 rings (SSSR count). The zero-order chi connectivity index (χ0) is 55.9. The van der Waals surface area contributed by atoms with Crippen LogP contribution in [-0.2, 0) is 37.9 Å². The zero-order valence-electron chi connectivity index (χ0n) is 45.0. The minimum absolute atomic E-state index is 0.136. The van der Waals surface area contributed by atoms with Gasteiger partial charge in [-0.05, 0) is 117 Å². The van der Waals surface area contributed by atoms with Crippen molar-refractivity contribution in [2.24, 2.45) is 45.3 Å². The van der Waals surface area contributed by atoms with Crippen LogP contribution in [0.2, 0.25) is 0 Å². The molecular formula is C53H90O23. The van der Waals surface area contributed by atoms with E-state index in [2.05, 4.69) is 26.8 Å². The van der Waals surface area contributed by atoms with E-state index in [-0.39, 0.29) is 11.8 Å². The number of fused-ring (bicyclic) bond motifs is 5. The molecule has 4 saturated carbocycles. The third-order valence-electron chi connectivity index (χ3n) is 20.4. The fourth-order valence-corrected chi connectivity index (χ4v) is 16.3.